The van der Waals surface area contributed by atoms with Crippen LogP contribution < -0.4 is 24.8 Å². The number of nitrogens with zero attached hydrogens (tertiary/aromatic N) is 2. The maximum atomic E-state index is 8.93. The number of methoxy groups -OCH3 is 3. The molecule has 3 N–H and O–H groups in total. The SMILES string of the molecule is COc1cc(Nc2ncc(C)c(NCCO)n2)cc(OC)c1OC. The summed E-state index contributed by atoms with van der Waals surface area (Å²) >= 11 is 0. The number of hydrogen-bond donors (Lipinski definition) is 3. The van der Waals surface area contributed by atoms with Crippen LogP contribution in [0.2, 0.25) is 0 Å². The molecule has 130 valence electrons. The number of nitrogens with one attached hydrogen (secondary N) is 2. The molecule has 0 atom stereocenters. The Morgan fingerprint density at radius 1 is 1.08 bits per heavy atom. The zero-order chi connectivity index (χ0) is 17.5. The monoisotopic (exact) mass is 334 g/mol. The van der Waals surface area contributed by atoms with Crippen LogP contribution in [-0.2, 0) is 0 Å². The highest BCUT2D eigenvalue weighted by atomic mass is 16.5. The van der Waals surface area contributed by atoms with Crippen LogP contribution in [0.25, 0.3) is 0 Å². The normalized spacial score (nSPS) is 10.2. The molecule has 0 saturated heterocycles. The predicted molar refractivity (Wildman–Crippen MR) is 91.7 cm³/mol. The minimum absolute atomic E-state index is 0.0269. The van der Waals surface area contributed by atoms with Gasteiger partial charge in [0, 0.05) is 36.1 Å². The van der Waals surface area contributed by atoms with Gasteiger partial charge in [-0.25, -0.2) is 4.98 Å². The highest BCUT2D eigenvalue weighted by Gasteiger charge is 2.14. The van der Waals surface area contributed by atoms with Gasteiger partial charge >= 0.3 is 0 Å². The second-order valence-corrected chi connectivity index (χ2v) is 4.91. The lowest BCUT2D eigenvalue weighted by Crippen LogP contribution is -2.10. The Morgan fingerprint density at radius 2 is 1.75 bits per heavy atom. The van der Waals surface area contributed by atoms with Crippen LogP contribution in [0.15, 0.2) is 18.3 Å². The molecule has 0 bridgehead atoms. The van der Waals surface area contributed by atoms with E-state index in [1.165, 1.54) is 0 Å². The Labute approximate surface area is 140 Å². The fourth-order valence-electron chi connectivity index (χ4n) is 2.14. The van der Waals surface area contributed by atoms with Gasteiger partial charge in [-0.2, -0.15) is 4.98 Å². The maximum Gasteiger partial charge on any atom is 0.229 e. The number of hydrogen-bond acceptors (Lipinski definition) is 8. The van der Waals surface area contributed by atoms with Gasteiger partial charge in [0.1, 0.15) is 5.82 Å². The smallest absolute Gasteiger partial charge is 0.229 e. The first-order valence-electron chi connectivity index (χ1n) is 7.38. The molecule has 24 heavy (non-hydrogen) atoms. The van der Waals surface area contributed by atoms with Gasteiger partial charge in [-0.15, -0.1) is 0 Å². The Kier molecular flexibility index (Phi) is 6.02. The molecule has 0 amide bonds. The molecule has 0 saturated carbocycles. The van der Waals surface area contributed by atoms with E-state index in [0.717, 1.165) is 5.56 Å². The van der Waals surface area contributed by atoms with Crippen LogP contribution in [0, 0.1) is 6.92 Å². The first-order chi connectivity index (χ1) is 11.6. The van der Waals surface area contributed by atoms with Crippen molar-refractivity contribution in [2.24, 2.45) is 0 Å². The van der Waals surface area contributed by atoms with Gasteiger partial charge in [-0.3, -0.25) is 0 Å². The van der Waals surface area contributed by atoms with Crippen LogP contribution >= 0.6 is 0 Å². The summed E-state index contributed by atoms with van der Waals surface area (Å²) in [7, 11) is 4.66. The van der Waals surface area contributed by atoms with Gasteiger partial charge in [0.25, 0.3) is 0 Å². The molecule has 0 aliphatic rings. The highest BCUT2D eigenvalue weighted by Crippen LogP contribution is 2.40. The zero-order valence-corrected chi connectivity index (χ0v) is 14.2. The lowest BCUT2D eigenvalue weighted by Gasteiger charge is -2.15. The third-order valence-corrected chi connectivity index (χ3v) is 3.30. The maximum absolute atomic E-state index is 8.93. The Bertz CT molecular complexity index is 669. The second-order valence-electron chi connectivity index (χ2n) is 4.91. The summed E-state index contributed by atoms with van der Waals surface area (Å²) in [5, 5.41) is 15.1. The molecule has 0 spiro atoms. The Hall–Kier alpha value is -2.74. The van der Waals surface area contributed by atoms with Crippen molar-refractivity contribution < 1.29 is 19.3 Å². The lowest BCUT2D eigenvalue weighted by molar-refractivity contribution is 0.311. The molecule has 0 radical (unpaired) electrons. The molecule has 8 nitrogen and oxygen atoms in total. The van der Waals surface area contributed by atoms with Crippen molar-refractivity contribution in [1.29, 1.82) is 0 Å². The predicted octanol–water partition coefficient (Wildman–Crippen LogP) is 1.96. The van der Waals surface area contributed by atoms with Gasteiger partial charge in [-0.05, 0) is 6.92 Å². The third kappa shape index (κ3) is 3.96. The van der Waals surface area contributed by atoms with Gasteiger partial charge in [0.2, 0.25) is 11.7 Å². The Balaban J connectivity index is 2.30. The quantitative estimate of drug-likeness (QED) is 0.674. The second kappa shape index (κ2) is 8.21. The number of benzene rings is 1. The van der Waals surface area contributed by atoms with E-state index in [0.29, 0.717) is 41.2 Å². The number of ether oxygens (including phenoxy) is 3. The minimum atomic E-state index is 0.0269. The van der Waals surface area contributed by atoms with E-state index in [1.807, 2.05) is 6.92 Å². The molecular weight excluding hydrogens is 312 g/mol. The summed E-state index contributed by atoms with van der Waals surface area (Å²) in [5.41, 5.74) is 1.58. The molecule has 1 aromatic carbocycles. The van der Waals surface area contributed by atoms with Crippen molar-refractivity contribution in [3.05, 3.63) is 23.9 Å². The average Bonchev–Trinajstić information content (AvgIpc) is 2.61. The van der Waals surface area contributed by atoms with Gasteiger partial charge in [-0.1, -0.05) is 0 Å². The highest BCUT2D eigenvalue weighted by molar-refractivity contribution is 5.66. The molecule has 8 heteroatoms. The lowest BCUT2D eigenvalue weighted by atomic mass is 10.2. The number of aliphatic hydroxyl groups excluding tert-OH is 1. The van der Waals surface area contributed by atoms with E-state index in [9.17, 15) is 0 Å². The van der Waals surface area contributed by atoms with Gasteiger partial charge in [0.05, 0.1) is 27.9 Å². The number of aryl methyl sites for hydroxylation is 1. The van der Waals surface area contributed by atoms with Crippen molar-refractivity contribution >= 4 is 17.5 Å². The summed E-state index contributed by atoms with van der Waals surface area (Å²) in [5.74, 6) is 2.65. The molecule has 0 unspecified atom stereocenters. The van der Waals surface area contributed by atoms with Crippen LogP contribution in [-0.4, -0.2) is 49.6 Å². The summed E-state index contributed by atoms with van der Waals surface area (Å²) in [6.07, 6.45) is 1.70. The van der Waals surface area contributed by atoms with Gasteiger partial charge < -0.3 is 30.0 Å². The average molecular weight is 334 g/mol. The fourth-order valence-corrected chi connectivity index (χ4v) is 2.14. The van der Waals surface area contributed by atoms with Crippen molar-refractivity contribution in [1.82, 2.24) is 9.97 Å². The summed E-state index contributed by atoms with van der Waals surface area (Å²) in [4.78, 5) is 8.66. The largest absolute Gasteiger partial charge is 0.493 e. The van der Waals surface area contributed by atoms with Crippen molar-refractivity contribution in [3.63, 3.8) is 0 Å². The molecule has 2 rings (SSSR count). The molecule has 0 aliphatic carbocycles. The van der Waals surface area contributed by atoms with Crippen molar-refractivity contribution in [2.45, 2.75) is 6.92 Å². The summed E-state index contributed by atoms with van der Waals surface area (Å²) in [6, 6.07) is 3.54. The topological polar surface area (TPSA) is 97.8 Å². The molecule has 0 aliphatic heterocycles. The number of aromatic nitrogens is 2. The zero-order valence-electron chi connectivity index (χ0n) is 14.2. The van der Waals surface area contributed by atoms with E-state index in [-0.39, 0.29) is 6.61 Å². The number of anilines is 3. The number of rotatable bonds is 8. The van der Waals surface area contributed by atoms with Crippen LogP contribution in [0.4, 0.5) is 17.5 Å². The third-order valence-electron chi connectivity index (χ3n) is 3.30. The van der Waals surface area contributed by atoms with Crippen LogP contribution in [0.5, 0.6) is 17.2 Å². The molecule has 1 heterocycles. The number of aliphatic hydroxyl groups is 1. The standard InChI is InChI=1S/C16H22N4O4/c1-10-9-18-16(20-15(10)17-5-6-21)19-11-7-12(22-2)14(24-4)13(8-11)23-3/h7-9,21H,5-6H2,1-4H3,(H2,17,18,19,20). The van der Waals surface area contributed by atoms with E-state index in [2.05, 4.69) is 20.6 Å². The molecular formula is C16H22N4O4. The van der Waals surface area contributed by atoms with E-state index in [1.54, 1.807) is 39.7 Å². The van der Waals surface area contributed by atoms with Crippen molar-refractivity contribution in [3.8, 4) is 17.2 Å². The minimum Gasteiger partial charge on any atom is -0.493 e. The molecule has 0 fully saturated rings. The van der Waals surface area contributed by atoms with E-state index in [4.69, 9.17) is 19.3 Å². The molecule has 1 aromatic heterocycles. The Morgan fingerprint density at radius 3 is 2.29 bits per heavy atom. The van der Waals surface area contributed by atoms with Crippen molar-refractivity contribution in [2.75, 3.05) is 45.1 Å². The summed E-state index contributed by atoms with van der Waals surface area (Å²) < 4.78 is 16.0. The van der Waals surface area contributed by atoms with Gasteiger partial charge in [0.15, 0.2) is 11.5 Å². The molecule has 2 aromatic rings. The van der Waals surface area contributed by atoms with E-state index < -0.39 is 0 Å². The van der Waals surface area contributed by atoms with Crippen LogP contribution in [0.1, 0.15) is 5.56 Å². The fraction of sp³-hybridized carbons (Fsp3) is 0.375. The van der Waals surface area contributed by atoms with E-state index >= 15 is 0 Å². The first-order valence-corrected chi connectivity index (χ1v) is 7.38. The first kappa shape index (κ1) is 17.6. The van der Waals surface area contributed by atoms with Crippen LogP contribution in [0.3, 0.4) is 0 Å². The summed E-state index contributed by atoms with van der Waals surface area (Å²) in [6.45, 7) is 2.34.